The van der Waals surface area contributed by atoms with Gasteiger partial charge >= 0.3 is 0 Å². The predicted octanol–water partition coefficient (Wildman–Crippen LogP) is 3.42. The summed E-state index contributed by atoms with van der Waals surface area (Å²) in [7, 11) is 2.15. The van der Waals surface area contributed by atoms with Gasteiger partial charge in [-0.2, -0.15) is 4.58 Å². The Morgan fingerprint density at radius 1 is 0.906 bits per heavy atom. The van der Waals surface area contributed by atoms with E-state index in [1.54, 1.807) is 0 Å². The van der Waals surface area contributed by atoms with Crippen molar-refractivity contribution in [1.82, 2.24) is 0 Å². The molecule has 1 N–H and O–H groups in total. The summed E-state index contributed by atoms with van der Waals surface area (Å²) in [5, 5.41) is 3.49. The lowest BCUT2D eigenvalue weighted by Gasteiger charge is -2.15. The Labute approximate surface area is 197 Å². The molecule has 0 bridgehead atoms. The van der Waals surface area contributed by atoms with Crippen LogP contribution in [0.4, 0.5) is 11.4 Å². The fourth-order valence-corrected chi connectivity index (χ4v) is 4.26. The number of hydrogen-bond acceptors (Lipinski definition) is 2. The molecule has 0 spiro atoms. The molecular weight excluding hydrogens is 416 g/mol. The normalized spacial score (nSPS) is 14.2. The smallest absolute Gasteiger partial charge is 0.209 e. The Bertz CT molecular complexity index is 1110. The number of fused-ring (bicyclic) bond motifs is 1. The average molecular weight is 447 g/mol. The lowest BCUT2D eigenvalue weighted by Crippen LogP contribution is -3.00. The molecule has 3 aromatic rings. The predicted molar refractivity (Wildman–Crippen MR) is 131 cm³/mol. The molecule has 1 aliphatic heterocycles. The van der Waals surface area contributed by atoms with Gasteiger partial charge in [-0.3, -0.25) is 0 Å². The van der Waals surface area contributed by atoms with Crippen molar-refractivity contribution in [1.29, 1.82) is 0 Å². The molecule has 0 saturated heterocycles. The quantitative estimate of drug-likeness (QED) is 0.562. The summed E-state index contributed by atoms with van der Waals surface area (Å²) >= 11 is 0. The first-order valence-electron chi connectivity index (χ1n) is 10.9. The highest BCUT2D eigenvalue weighted by Gasteiger charge is 2.42. The van der Waals surface area contributed by atoms with Crippen LogP contribution in [0.1, 0.15) is 37.5 Å². The molecule has 0 aromatic heterocycles. The number of nitrogens with zero attached hydrogens (tertiary/aromatic N) is 1. The molecule has 32 heavy (non-hydrogen) atoms. The van der Waals surface area contributed by atoms with Gasteiger partial charge in [-0.15, -0.1) is 0 Å². The van der Waals surface area contributed by atoms with Crippen LogP contribution in [0, 0.1) is 0 Å². The number of benzene rings is 3. The fraction of sp³-hybridized carbons (Fsp3) is 0.250. The number of para-hydroxylation sites is 1. The van der Waals surface area contributed by atoms with E-state index in [2.05, 4.69) is 104 Å². The third-order valence-electron chi connectivity index (χ3n) is 6.02. The Kier molecular flexibility index (Phi) is 7.42. The van der Waals surface area contributed by atoms with Crippen LogP contribution in [0.5, 0.6) is 5.75 Å². The van der Waals surface area contributed by atoms with Crippen molar-refractivity contribution in [2.24, 2.45) is 0 Å². The number of allylic oxidation sites excluding steroid dienone is 1. The molecule has 0 radical (unpaired) electrons. The van der Waals surface area contributed by atoms with Crippen LogP contribution >= 0.6 is 0 Å². The van der Waals surface area contributed by atoms with E-state index >= 15 is 0 Å². The van der Waals surface area contributed by atoms with E-state index in [0.29, 0.717) is 6.61 Å². The van der Waals surface area contributed by atoms with Crippen LogP contribution in [0.3, 0.4) is 0 Å². The molecule has 3 aromatic carbocycles. The summed E-state index contributed by atoms with van der Waals surface area (Å²) in [5.41, 5.74) is 7.53. The van der Waals surface area contributed by atoms with Gasteiger partial charge in [-0.25, -0.2) is 0 Å². The van der Waals surface area contributed by atoms with E-state index in [9.17, 15) is 0 Å². The topological polar surface area (TPSA) is 24.3 Å². The van der Waals surface area contributed by atoms with Crippen molar-refractivity contribution in [2.45, 2.75) is 32.7 Å². The van der Waals surface area contributed by atoms with Gasteiger partial charge in [0.05, 0.1) is 12.0 Å². The van der Waals surface area contributed by atoms with Crippen molar-refractivity contribution in [3.63, 3.8) is 0 Å². The van der Waals surface area contributed by atoms with E-state index in [0.717, 1.165) is 18.0 Å². The molecule has 1 aliphatic rings. The molecule has 0 atom stereocenters. The van der Waals surface area contributed by atoms with Crippen LogP contribution in [-0.2, 0) is 12.0 Å². The lowest BCUT2D eigenvalue weighted by atomic mass is 9.81. The third kappa shape index (κ3) is 4.89. The van der Waals surface area contributed by atoms with E-state index < -0.39 is 0 Å². The van der Waals surface area contributed by atoms with Gasteiger partial charge in [0, 0.05) is 29.9 Å². The molecule has 0 fully saturated rings. The first-order chi connectivity index (χ1) is 15.0. The second-order valence-corrected chi connectivity index (χ2v) is 8.47. The number of ether oxygens (including phenoxy) is 1. The number of hydrogen-bond donors (Lipinski definition) is 1. The van der Waals surface area contributed by atoms with Crippen LogP contribution in [0.15, 0.2) is 78.9 Å². The number of anilines is 1. The monoisotopic (exact) mass is 446 g/mol. The average Bonchev–Trinajstić information content (AvgIpc) is 2.98. The molecule has 0 amide bonds. The summed E-state index contributed by atoms with van der Waals surface area (Å²) in [4.78, 5) is 0. The van der Waals surface area contributed by atoms with Crippen molar-refractivity contribution in [2.75, 3.05) is 19.0 Å². The molecule has 3 nitrogen and oxygen atoms in total. The van der Waals surface area contributed by atoms with Gasteiger partial charge in [0.2, 0.25) is 5.69 Å². The van der Waals surface area contributed by atoms with Gasteiger partial charge in [-0.1, -0.05) is 42.5 Å². The van der Waals surface area contributed by atoms with E-state index in [1.165, 1.54) is 28.1 Å². The minimum absolute atomic E-state index is 0. The van der Waals surface area contributed by atoms with Crippen LogP contribution in [0.2, 0.25) is 0 Å². The van der Waals surface area contributed by atoms with Gasteiger partial charge in [-0.05, 0) is 62.2 Å². The molecule has 0 aliphatic carbocycles. The van der Waals surface area contributed by atoms with Gasteiger partial charge < -0.3 is 22.5 Å². The fourth-order valence-electron chi connectivity index (χ4n) is 4.26. The highest BCUT2D eigenvalue weighted by atomic mass is 35.5. The Balaban J connectivity index is 0.00000289. The minimum Gasteiger partial charge on any atom is -1.00 e. The Hall–Kier alpha value is -3.04. The van der Waals surface area contributed by atoms with Crippen molar-refractivity contribution < 1.29 is 21.7 Å². The second-order valence-electron chi connectivity index (χ2n) is 8.47. The number of rotatable bonds is 7. The summed E-state index contributed by atoms with van der Waals surface area (Å²) in [5.74, 6) is 0.916. The molecule has 4 rings (SSSR count). The maximum absolute atomic E-state index is 5.50. The van der Waals surface area contributed by atoms with Crippen LogP contribution in [0.25, 0.3) is 6.08 Å². The SMILES string of the molecule is CCOc1ccc(CNc2ccc(C=CC3=[N+](C)c4ccccc4C3(C)C)cc2)cc1.[Cl-]. The summed E-state index contributed by atoms with van der Waals surface area (Å²) in [6.45, 7) is 8.07. The van der Waals surface area contributed by atoms with Gasteiger partial charge in [0.1, 0.15) is 12.8 Å². The van der Waals surface area contributed by atoms with Gasteiger partial charge in [0.15, 0.2) is 5.71 Å². The van der Waals surface area contributed by atoms with Crippen molar-refractivity contribution in [3.8, 4) is 5.75 Å². The first kappa shape index (κ1) is 23.6. The second kappa shape index (κ2) is 10.1. The van der Waals surface area contributed by atoms with Crippen molar-refractivity contribution >= 4 is 23.2 Å². The Morgan fingerprint density at radius 2 is 1.59 bits per heavy atom. The zero-order chi connectivity index (χ0) is 21.8. The Morgan fingerprint density at radius 3 is 2.25 bits per heavy atom. The minimum atomic E-state index is 0. The molecule has 0 unspecified atom stereocenters. The molecule has 1 heterocycles. The molecular formula is C28H31ClN2O. The van der Waals surface area contributed by atoms with Crippen LogP contribution < -0.4 is 22.5 Å². The highest BCUT2D eigenvalue weighted by Crippen LogP contribution is 2.39. The lowest BCUT2D eigenvalue weighted by molar-refractivity contribution is -0.401. The largest absolute Gasteiger partial charge is 1.00 e. The van der Waals surface area contributed by atoms with E-state index in [-0.39, 0.29) is 17.8 Å². The van der Waals surface area contributed by atoms with Crippen molar-refractivity contribution in [3.05, 3.63) is 95.6 Å². The summed E-state index contributed by atoms with van der Waals surface area (Å²) in [6, 6.07) is 25.5. The number of nitrogens with one attached hydrogen (secondary N) is 1. The third-order valence-corrected chi connectivity index (χ3v) is 6.02. The maximum Gasteiger partial charge on any atom is 0.209 e. The maximum atomic E-state index is 5.50. The molecule has 166 valence electrons. The van der Waals surface area contributed by atoms with Crippen LogP contribution in [-0.4, -0.2) is 23.9 Å². The zero-order valence-corrected chi connectivity index (χ0v) is 20.0. The van der Waals surface area contributed by atoms with Gasteiger partial charge in [0.25, 0.3) is 0 Å². The zero-order valence-electron chi connectivity index (χ0n) is 19.2. The van der Waals surface area contributed by atoms with E-state index in [1.807, 2.05) is 19.1 Å². The summed E-state index contributed by atoms with van der Waals surface area (Å²) < 4.78 is 7.81. The standard InChI is InChI=1S/C28H30N2O.ClH/c1-5-31-24-17-12-22(13-18-24)20-29-23-15-10-21(11-16-23)14-19-27-28(2,3)25-8-6-7-9-26(25)30(27)4;/h6-19H,5,20H2,1-4H3;1H. The molecule has 4 heteroatoms. The highest BCUT2D eigenvalue weighted by molar-refractivity contribution is 6.05. The van der Waals surface area contributed by atoms with E-state index in [4.69, 9.17) is 4.74 Å². The summed E-state index contributed by atoms with van der Waals surface area (Å²) in [6.07, 6.45) is 4.46. The number of halogens is 1. The molecule has 0 saturated carbocycles. The first-order valence-corrected chi connectivity index (χ1v) is 10.9.